The van der Waals surface area contributed by atoms with Crippen LogP contribution in [0.15, 0.2) is 18.2 Å². The topological polar surface area (TPSA) is 46.5 Å². The Morgan fingerprint density at radius 3 is 2.79 bits per heavy atom. The standard InChI is InChI=1S/C16H22O3/c1-11(17)8-12-4-5-14(18)15(9-12)19-13-6-7-16(2,3)10-13/h4-5,9,13,18H,6-8,10H2,1-3H3. The van der Waals surface area contributed by atoms with Crippen molar-refractivity contribution in [2.75, 3.05) is 0 Å². The van der Waals surface area contributed by atoms with Crippen LogP contribution < -0.4 is 4.74 Å². The molecule has 1 fully saturated rings. The van der Waals surface area contributed by atoms with Gasteiger partial charge in [0.25, 0.3) is 0 Å². The fourth-order valence-corrected chi connectivity index (χ4v) is 2.70. The number of carbonyl (C=O) groups is 1. The first-order chi connectivity index (χ1) is 8.85. The molecular formula is C16H22O3. The zero-order valence-corrected chi connectivity index (χ0v) is 11.9. The number of rotatable bonds is 4. The average Bonchev–Trinajstić information content (AvgIpc) is 2.62. The highest BCUT2D eigenvalue weighted by atomic mass is 16.5. The first-order valence-electron chi connectivity index (χ1n) is 6.84. The number of carbonyl (C=O) groups excluding carboxylic acids is 1. The molecule has 3 heteroatoms. The minimum atomic E-state index is 0.110. The third-order valence-electron chi connectivity index (χ3n) is 3.69. The predicted octanol–water partition coefficient (Wildman–Crippen LogP) is 3.48. The number of ketones is 1. The van der Waals surface area contributed by atoms with Crippen LogP contribution in [-0.2, 0) is 11.2 Å². The molecule has 0 spiro atoms. The van der Waals surface area contributed by atoms with Crippen LogP contribution in [0, 0.1) is 5.41 Å². The van der Waals surface area contributed by atoms with Gasteiger partial charge in [0.05, 0.1) is 6.10 Å². The molecule has 0 saturated heterocycles. The minimum absolute atomic E-state index is 0.110. The molecule has 1 aromatic rings. The number of aromatic hydroxyl groups is 1. The lowest BCUT2D eigenvalue weighted by Gasteiger charge is -2.19. The largest absolute Gasteiger partial charge is 0.504 e. The third kappa shape index (κ3) is 3.72. The van der Waals surface area contributed by atoms with Crippen molar-refractivity contribution >= 4 is 5.78 Å². The van der Waals surface area contributed by atoms with Gasteiger partial charge in [0.15, 0.2) is 11.5 Å². The van der Waals surface area contributed by atoms with E-state index in [1.54, 1.807) is 25.1 Å². The molecule has 1 atom stereocenters. The monoisotopic (exact) mass is 262 g/mol. The van der Waals surface area contributed by atoms with Crippen molar-refractivity contribution in [2.24, 2.45) is 5.41 Å². The van der Waals surface area contributed by atoms with Gasteiger partial charge in [0, 0.05) is 6.42 Å². The van der Waals surface area contributed by atoms with E-state index in [9.17, 15) is 9.90 Å². The zero-order valence-electron chi connectivity index (χ0n) is 11.9. The van der Waals surface area contributed by atoms with Crippen molar-refractivity contribution in [3.63, 3.8) is 0 Å². The Morgan fingerprint density at radius 1 is 1.47 bits per heavy atom. The van der Waals surface area contributed by atoms with Gasteiger partial charge in [-0.3, -0.25) is 4.79 Å². The molecular weight excluding hydrogens is 240 g/mol. The van der Waals surface area contributed by atoms with Crippen LogP contribution in [0.5, 0.6) is 11.5 Å². The van der Waals surface area contributed by atoms with E-state index in [4.69, 9.17) is 4.74 Å². The Bertz CT molecular complexity index is 477. The van der Waals surface area contributed by atoms with Crippen LogP contribution in [-0.4, -0.2) is 17.0 Å². The summed E-state index contributed by atoms with van der Waals surface area (Å²) < 4.78 is 5.90. The molecule has 1 aliphatic carbocycles. The second kappa shape index (κ2) is 5.24. The Labute approximate surface area is 114 Å². The van der Waals surface area contributed by atoms with Crippen LogP contribution >= 0.6 is 0 Å². The second-order valence-electron chi connectivity index (χ2n) is 6.33. The van der Waals surface area contributed by atoms with Gasteiger partial charge in [-0.15, -0.1) is 0 Å². The van der Waals surface area contributed by atoms with Gasteiger partial charge in [-0.25, -0.2) is 0 Å². The van der Waals surface area contributed by atoms with Crippen LogP contribution in [0.1, 0.15) is 45.6 Å². The fraction of sp³-hybridized carbons (Fsp3) is 0.562. The Balaban J connectivity index is 2.09. The van der Waals surface area contributed by atoms with Crippen molar-refractivity contribution in [1.82, 2.24) is 0 Å². The quantitative estimate of drug-likeness (QED) is 0.903. The molecule has 0 radical (unpaired) electrons. The molecule has 104 valence electrons. The van der Waals surface area contributed by atoms with Gasteiger partial charge in [0.2, 0.25) is 0 Å². The molecule has 19 heavy (non-hydrogen) atoms. The number of hydrogen-bond donors (Lipinski definition) is 1. The van der Waals surface area contributed by atoms with Gasteiger partial charge in [-0.1, -0.05) is 19.9 Å². The predicted molar refractivity (Wildman–Crippen MR) is 74.5 cm³/mol. The molecule has 1 aromatic carbocycles. The molecule has 0 aliphatic heterocycles. The van der Waals surface area contributed by atoms with Crippen LogP contribution in [0.25, 0.3) is 0 Å². The number of hydrogen-bond acceptors (Lipinski definition) is 3. The highest BCUT2D eigenvalue weighted by Crippen LogP contribution is 2.40. The summed E-state index contributed by atoms with van der Waals surface area (Å²) in [7, 11) is 0. The molecule has 1 saturated carbocycles. The van der Waals surface area contributed by atoms with E-state index in [2.05, 4.69) is 13.8 Å². The molecule has 1 aliphatic rings. The summed E-state index contributed by atoms with van der Waals surface area (Å²) in [5, 5.41) is 9.85. The summed E-state index contributed by atoms with van der Waals surface area (Å²) in [6.45, 7) is 6.04. The molecule has 0 heterocycles. The normalized spacial score (nSPS) is 21.3. The second-order valence-corrected chi connectivity index (χ2v) is 6.33. The summed E-state index contributed by atoms with van der Waals surface area (Å²) in [5.74, 6) is 0.761. The van der Waals surface area contributed by atoms with Crippen LogP contribution in [0.3, 0.4) is 0 Å². The number of benzene rings is 1. The van der Waals surface area contributed by atoms with Crippen molar-refractivity contribution in [2.45, 2.75) is 52.6 Å². The smallest absolute Gasteiger partial charge is 0.161 e. The summed E-state index contributed by atoms with van der Waals surface area (Å²) in [6.07, 6.45) is 3.71. The van der Waals surface area contributed by atoms with E-state index in [1.165, 1.54) is 0 Å². The van der Waals surface area contributed by atoms with E-state index in [-0.39, 0.29) is 17.6 Å². The molecule has 1 N–H and O–H groups in total. The van der Waals surface area contributed by atoms with Gasteiger partial charge in [-0.05, 0) is 49.3 Å². The maximum atomic E-state index is 11.1. The van der Waals surface area contributed by atoms with Crippen LogP contribution in [0.4, 0.5) is 0 Å². The van der Waals surface area contributed by atoms with E-state index in [0.29, 0.717) is 17.6 Å². The lowest BCUT2D eigenvalue weighted by molar-refractivity contribution is -0.116. The summed E-state index contributed by atoms with van der Waals surface area (Å²) in [4.78, 5) is 11.1. The van der Waals surface area contributed by atoms with E-state index in [0.717, 1.165) is 24.8 Å². The molecule has 1 unspecified atom stereocenters. The van der Waals surface area contributed by atoms with E-state index < -0.39 is 0 Å². The summed E-state index contributed by atoms with van der Waals surface area (Å²) in [6, 6.07) is 5.15. The van der Waals surface area contributed by atoms with Crippen molar-refractivity contribution in [3.8, 4) is 11.5 Å². The lowest BCUT2D eigenvalue weighted by Crippen LogP contribution is -2.15. The van der Waals surface area contributed by atoms with Gasteiger partial charge >= 0.3 is 0 Å². The van der Waals surface area contributed by atoms with Gasteiger partial charge in [0.1, 0.15) is 5.78 Å². The summed E-state index contributed by atoms with van der Waals surface area (Å²) >= 11 is 0. The Morgan fingerprint density at radius 2 is 2.21 bits per heavy atom. The van der Waals surface area contributed by atoms with Crippen molar-refractivity contribution in [3.05, 3.63) is 23.8 Å². The highest BCUT2D eigenvalue weighted by Gasteiger charge is 2.32. The van der Waals surface area contributed by atoms with Crippen molar-refractivity contribution < 1.29 is 14.6 Å². The summed E-state index contributed by atoms with van der Waals surface area (Å²) in [5.41, 5.74) is 1.20. The molecule has 0 amide bonds. The lowest BCUT2D eigenvalue weighted by atomic mass is 9.92. The minimum Gasteiger partial charge on any atom is -0.504 e. The van der Waals surface area contributed by atoms with E-state index in [1.807, 2.05) is 0 Å². The highest BCUT2D eigenvalue weighted by molar-refractivity contribution is 5.78. The Hall–Kier alpha value is -1.51. The molecule has 0 aromatic heterocycles. The third-order valence-corrected chi connectivity index (χ3v) is 3.69. The average molecular weight is 262 g/mol. The maximum Gasteiger partial charge on any atom is 0.161 e. The van der Waals surface area contributed by atoms with Crippen molar-refractivity contribution in [1.29, 1.82) is 0 Å². The molecule has 0 bridgehead atoms. The number of ether oxygens (including phenoxy) is 1. The zero-order chi connectivity index (χ0) is 14.0. The molecule has 2 rings (SSSR count). The number of Topliss-reactive ketones (excluding diaryl/α,β-unsaturated/α-hetero) is 1. The first-order valence-corrected chi connectivity index (χ1v) is 6.84. The number of phenols is 1. The van der Waals surface area contributed by atoms with Gasteiger partial charge < -0.3 is 9.84 Å². The first kappa shape index (κ1) is 13.9. The van der Waals surface area contributed by atoms with Crippen LogP contribution in [0.2, 0.25) is 0 Å². The Kier molecular flexibility index (Phi) is 3.83. The maximum absolute atomic E-state index is 11.1. The van der Waals surface area contributed by atoms with E-state index >= 15 is 0 Å². The SMILES string of the molecule is CC(=O)Cc1ccc(O)c(OC2CCC(C)(C)C2)c1. The number of phenolic OH excluding ortho intramolecular Hbond substituents is 1. The van der Waals surface area contributed by atoms with Gasteiger partial charge in [-0.2, -0.15) is 0 Å². The fourth-order valence-electron chi connectivity index (χ4n) is 2.70. The molecule has 3 nitrogen and oxygen atoms in total.